The van der Waals surface area contributed by atoms with Gasteiger partial charge in [-0.05, 0) is 76.1 Å². The van der Waals surface area contributed by atoms with Crippen LogP contribution in [0.5, 0.6) is 5.75 Å². The van der Waals surface area contributed by atoms with Crippen molar-refractivity contribution < 1.29 is 26.2 Å². The maximum atomic E-state index is 11.4. The summed E-state index contributed by atoms with van der Waals surface area (Å²) in [4.78, 5) is 10.5. The number of rotatable bonds is 7. The fourth-order valence-electron chi connectivity index (χ4n) is 8.52. The standard InChI is InChI=1S/C54H35N4O.Pt/c59-51-30-15-12-25-44(51)54-56-52-43(26-16-29-50(52)58(54)48-27-13-10-23-41(48)37-19-6-2-7-20-37)46-34-39(47-35-38(31-32-55-47)36-17-4-1-5-18-36)33-45-42-24-11-14-28-49(42)57(53(45)46)40-21-8-3-9-22-40;/h1-33,35,59H;/q-1;. The Kier molecular flexibility index (Phi) is 9.52. The summed E-state index contributed by atoms with van der Waals surface area (Å²) in [5.41, 5.74) is 14.3. The number of fused-ring (bicyclic) bond motifs is 4. The van der Waals surface area contributed by atoms with Gasteiger partial charge < -0.3 is 9.67 Å². The van der Waals surface area contributed by atoms with Crippen LogP contribution in [0.15, 0.2) is 206 Å². The zero-order valence-corrected chi connectivity index (χ0v) is 34.5. The summed E-state index contributed by atoms with van der Waals surface area (Å²) in [6, 6.07) is 72.5. The molecule has 0 saturated carbocycles. The number of phenols is 1. The average Bonchev–Trinajstić information content (AvgIpc) is 3.86. The molecule has 0 aliphatic heterocycles. The van der Waals surface area contributed by atoms with Gasteiger partial charge >= 0.3 is 0 Å². The minimum atomic E-state index is 0. The Morgan fingerprint density at radius 2 is 1.12 bits per heavy atom. The average molecular weight is 951 g/mol. The first-order chi connectivity index (χ1) is 29.2. The Labute approximate surface area is 361 Å². The largest absolute Gasteiger partial charge is 0.507 e. The number of para-hydroxylation sites is 5. The predicted molar refractivity (Wildman–Crippen MR) is 241 cm³/mol. The smallest absolute Gasteiger partial charge is 0.148 e. The van der Waals surface area contributed by atoms with E-state index in [4.69, 9.17) is 9.97 Å². The summed E-state index contributed by atoms with van der Waals surface area (Å²) in [5.74, 6) is 0.800. The second-order valence-corrected chi connectivity index (χ2v) is 14.6. The van der Waals surface area contributed by atoms with Crippen molar-refractivity contribution in [2.45, 2.75) is 0 Å². The van der Waals surface area contributed by atoms with E-state index in [1.165, 1.54) is 0 Å². The Hall–Kier alpha value is -7.33. The normalized spacial score (nSPS) is 11.3. The van der Waals surface area contributed by atoms with Gasteiger partial charge in [-0.25, -0.2) is 4.98 Å². The number of pyridine rings is 1. The summed E-state index contributed by atoms with van der Waals surface area (Å²) in [6.07, 6.45) is 1.88. The molecule has 0 aliphatic carbocycles. The minimum absolute atomic E-state index is 0. The fraction of sp³-hybridized carbons (Fsp3) is 0. The van der Waals surface area contributed by atoms with Gasteiger partial charge in [-0.2, -0.15) is 0 Å². The van der Waals surface area contributed by atoms with Crippen molar-refractivity contribution in [3.05, 3.63) is 212 Å². The third kappa shape index (κ3) is 6.23. The molecule has 0 spiro atoms. The van der Waals surface area contributed by atoms with Crippen LogP contribution in [0.4, 0.5) is 0 Å². The fourth-order valence-corrected chi connectivity index (χ4v) is 8.52. The Bertz CT molecular complexity index is 3340. The second kappa shape index (κ2) is 15.4. The van der Waals surface area contributed by atoms with Crippen LogP contribution < -0.4 is 0 Å². The topological polar surface area (TPSA) is 55.9 Å². The summed E-state index contributed by atoms with van der Waals surface area (Å²) in [5, 5.41) is 13.6. The molecule has 5 nitrogen and oxygen atoms in total. The van der Waals surface area contributed by atoms with Crippen molar-refractivity contribution in [1.82, 2.24) is 19.1 Å². The molecule has 0 fully saturated rings. The van der Waals surface area contributed by atoms with E-state index in [2.05, 4.69) is 179 Å². The van der Waals surface area contributed by atoms with E-state index >= 15 is 0 Å². The third-order valence-corrected chi connectivity index (χ3v) is 11.2. The molecule has 0 amide bonds. The van der Waals surface area contributed by atoms with Crippen LogP contribution in [-0.2, 0) is 21.1 Å². The van der Waals surface area contributed by atoms with E-state index in [0.29, 0.717) is 11.4 Å². The maximum absolute atomic E-state index is 11.4. The van der Waals surface area contributed by atoms with E-state index in [1.807, 2.05) is 36.5 Å². The molecule has 8 aromatic carbocycles. The third-order valence-electron chi connectivity index (χ3n) is 11.2. The van der Waals surface area contributed by atoms with Crippen molar-refractivity contribution in [2.24, 2.45) is 0 Å². The van der Waals surface area contributed by atoms with Crippen molar-refractivity contribution in [2.75, 3.05) is 0 Å². The van der Waals surface area contributed by atoms with Crippen LogP contribution in [0.1, 0.15) is 0 Å². The summed E-state index contributed by atoms with van der Waals surface area (Å²) in [7, 11) is 0. The van der Waals surface area contributed by atoms with Crippen molar-refractivity contribution in [3.8, 4) is 73.2 Å². The molecular weight excluding hydrogens is 916 g/mol. The molecule has 0 unspecified atom stereocenters. The Balaban J connectivity index is 0.00000433. The van der Waals surface area contributed by atoms with Gasteiger partial charge in [-0.3, -0.25) is 9.55 Å². The molecule has 11 rings (SSSR count). The number of aromatic hydroxyl groups is 1. The van der Waals surface area contributed by atoms with Crippen LogP contribution in [0, 0.1) is 6.07 Å². The molecule has 60 heavy (non-hydrogen) atoms. The van der Waals surface area contributed by atoms with E-state index in [1.54, 1.807) is 6.07 Å². The van der Waals surface area contributed by atoms with Crippen molar-refractivity contribution >= 4 is 32.8 Å². The summed E-state index contributed by atoms with van der Waals surface area (Å²) < 4.78 is 4.54. The zero-order valence-electron chi connectivity index (χ0n) is 32.2. The first kappa shape index (κ1) is 37.0. The quantitative estimate of drug-likeness (QED) is 0.162. The number of hydrogen-bond donors (Lipinski definition) is 1. The van der Waals surface area contributed by atoms with E-state index < -0.39 is 0 Å². The number of aromatic nitrogens is 4. The monoisotopic (exact) mass is 950 g/mol. The zero-order chi connectivity index (χ0) is 39.3. The molecule has 0 aliphatic rings. The number of nitrogens with zero attached hydrogens (tertiary/aromatic N) is 4. The predicted octanol–water partition coefficient (Wildman–Crippen LogP) is 13.4. The van der Waals surface area contributed by atoms with Gasteiger partial charge in [0.25, 0.3) is 0 Å². The molecular formula is C54H35N4OPt-. The molecule has 1 N–H and O–H groups in total. The van der Waals surface area contributed by atoms with Gasteiger partial charge in [0.2, 0.25) is 0 Å². The number of hydrogen-bond acceptors (Lipinski definition) is 3. The van der Waals surface area contributed by atoms with Gasteiger partial charge in [0.1, 0.15) is 11.6 Å². The molecule has 0 atom stereocenters. The first-order valence-corrected chi connectivity index (χ1v) is 19.7. The Morgan fingerprint density at radius 3 is 1.90 bits per heavy atom. The SMILES string of the molecule is Oc1ccccc1-c1nc2c(-c3[c-]c(-c4cc(-c5ccccc5)ccn4)cc4c5ccccc5n(-c5ccccc5)c34)cccc2n1-c1ccccc1-c1ccccc1.[Pt]. The van der Waals surface area contributed by atoms with Gasteiger partial charge in [0.15, 0.2) is 0 Å². The molecule has 3 heterocycles. The molecule has 288 valence electrons. The van der Waals surface area contributed by atoms with E-state index in [9.17, 15) is 5.11 Å². The maximum Gasteiger partial charge on any atom is 0.148 e. The summed E-state index contributed by atoms with van der Waals surface area (Å²) in [6.45, 7) is 0. The molecule has 0 radical (unpaired) electrons. The van der Waals surface area contributed by atoms with Gasteiger partial charge in [-0.15, -0.1) is 12.1 Å². The van der Waals surface area contributed by atoms with Crippen molar-refractivity contribution in [1.29, 1.82) is 0 Å². The minimum Gasteiger partial charge on any atom is -0.507 e. The van der Waals surface area contributed by atoms with Crippen LogP contribution >= 0.6 is 0 Å². The molecule has 0 saturated heterocycles. The first-order valence-electron chi connectivity index (χ1n) is 19.7. The number of phenolic OH excluding ortho intramolecular Hbond substituents is 1. The van der Waals surface area contributed by atoms with Gasteiger partial charge in [-0.1, -0.05) is 168 Å². The Morgan fingerprint density at radius 1 is 0.483 bits per heavy atom. The summed E-state index contributed by atoms with van der Waals surface area (Å²) >= 11 is 0. The van der Waals surface area contributed by atoms with Crippen LogP contribution in [0.3, 0.4) is 0 Å². The molecule has 3 aromatic heterocycles. The van der Waals surface area contributed by atoms with Crippen LogP contribution in [0.25, 0.3) is 100 Å². The van der Waals surface area contributed by atoms with Crippen LogP contribution in [0.2, 0.25) is 0 Å². The van der Waals surface area contributed by atoms with Gasteiger partial charge in [0, 0.05) is 49.7 Å². The van der Waals surface area contributed by atoms with Crippen molar-refractivity contribution in [3.63, 3.8) is 0 Å². The van der Waals surface area contributed by atoms with E-state index in [-0.39, 0.29) is 26.8 Å². The molecule has 11 aromatic rings. The molecule has 6 heteroatoms. The van der Waals surface area contributed by atoms with E-state index in [0.717, 1.165) is 88.9 Å². The second-order valence-electron chi connectivity index (χ2n) is 14.6. The molecule has 0 bridgehead atoms. The number of benzene rings is 8. The van der Waals surface area contributed by atoms with Crippen LogP contribution in [-0.4, -0.2) is 24.2 Å². The van der Waals surface area contributed by atoms with Gasteiger partial charge in [0.05, 0.1) is 22.3 Å². The number of imidazole rings is 1.